The zero-order valence-electron chi connectivity index (χ0n) is 28.6. The first-order valence-electron chi connectivity index (χ1n) is 16.8. The predicted octanol–water partition coefficient (Wildman–Crippen LogP) is 2.82. The number of nitrogens with one attached hydrogen (secondary N) is 5. The molecule has 4 rings (SSSR count). The molecule has 0 spiro atoms. The summed E-state index contributed by atoms with van der Waals surface area (Å²) in [6.45, 7) is 3.24. The van der Waals surface area contributed by atoms with Crippen molar-refractivity contribution in [2.45, 2.75) is 70.3 Å². The van der Waals surface area contributed by atoms with E-state index in [1.807, 2.05) is 84.9 Å². The Labute approximate surface area is 292 Å². The van der Waals surface area contributed by atoms with Gasteiger partial charge in [0.1, 0.15) is 18.1 Å². The summed E-state index contributed by atoms with van der Waals surface area (Å²) in [6, 6.07) is 23.3. The molecule has 0 fully saturated rings. The average Bonchev–Trinajstić information content (AvgIpc) is 3.54. The second kappa shape index (κ2) is 18.3. The van der Waals surface area contributed by atoms with Gasteiger partial charge in [-0.3, -0.25) is 24.0 Å². The first-order chi connectivity index (χ1) is 24.0. The standard InChI is InChI=1S/C38H46N6O6/c1-25(45)34(41-26(2)46)37(49)39-21-13-12-20-32(42-35(47)30-23-40-31-19-11-10-18-29(30)31)36(48)43-33(22-27-14-6-4-7-15-27)38(50)44(3)24-28-16-8-5-9-17-28/h4-11,14-19,23,25,32-34,40,45H,12-13,20-22,24H2,1-3H3,(H,39,49)(H,41,46)(H,42,47)(H,43,48)/t25-,32-,33-,34+/m1/s1. The third-order valence-electron chi connectivity index (χ3n) is 8.33. The number of amides is 5. The van der Waals surface area contributed by atoms with Gasteiger partial charge in [0, 0.05) is 50.6 Å². The number of H-pyrrole nitrogens is 1. The topological polar surface area (TPSA) is 173 Å². The molecule has 0 radical (unpaired) electrons. The minimum atomic E-state index is -1.10. The van der Waals surface area contributed by atoms with Crippen LogP contribution < -0.4 is 21.3 Å². The van der Waals surface area contributed by atoms with E-state index in [1.165, 1.54) is 13.8 Å². The van der Waals surface area contributed by atoms with E-state index in [2.05, 4.69) is 26.3 Å². The largest absolute Gasteiger partial charge is 0.391 e. The van der Waals surface area contributed by atoms with Crippen LogP contribution in [0.3, 0.4) is 0 Å². The molecular weight excluding hydrogens is 636 g/mol. The molecule has 12 nitrogen and oxygen atoms in total. The van der Waals surface area contributed by atoms with Crippen LogP contribution in [-0.2, 0) is 32.1 Å². The number of para-hydroxylation sites is 1. The summed E-state index contributed by atoms with van der Waals surface area (Å²) in [6.07, 6.45) is 1.84. The fraction of sp³-hybridized carbons (Fsp3) is 0.342. The van der Waals surface area contributed by atoms with E-state index in [0.29, 0.717) is 30.3 Å². The third-order valence-corrected chi connectivity index (χ3v) is 8.33. The summed E-state index contributed by atoms with van der Waals surface area (Å²) in [5, 5.41) is 21.6. The Morgan fingerprint density at radius 1 is 0.780 bits per heavy atom. The van der Waals surface area contributed by atoms with E-state index in [4.69, 9.17) is 0 Å². The molecule has 1 aromatic heterocycles. The molecule has 4 atom stereocenters. The minimum Gasteiger partial charge on any atom is -0.391 e. The van der Waals surface area contributed by atoms with Gasteiger partial charge in [0.2, 0.25) is 23.6 Å². The number of fused-ring (bicyclic) bond motifs is 1. The molecule has 3 aromatic carbocycles. The second-order valence-electron chi connectivity index (χ2n) is 12.4. The molecule has 5 amide bonds. The highest BCUT2D eigenvalue weighted by atomic mass is 16.3. The van der Waals surface area contributed by atoms with Crippen molar-refractivity contribution in [3.63, 3.8) is 0 Å². The number of rotatable bonds is 17. The number of hydrogen-bond acceptors (Lipinski definition) is 6. The molecule has 0 aliphatic carbocycles. The first-order valence-corrected chi connectivity index (χ1v) is 16.8. The molecule has 264 valence electrons. The van der Waals surface area contributed by atoms with Crippen molar-refractivity contribution >= 4 is 40.4 Å². The van der Waals surface area contributed by atoms with Gasteiger partial charge in [0.25, 0.3) is 5.91 Å². The lowest BCUT2D eigenvalue weighted by atomic mass is 10.0. The van der Waals surface area contributed by atoms with Crippen LogP contribution in [0.1, 0.15) is 54.6 Å². The van der Waals surface area contributed by atoms with E-state index in [9.17, 15) is 29.1 Å². The zero-order chi connectivity index (χ0) is 36.0. The molecule has 1 heterocycles. The highest BCUT2D eigenvalue weighted by Crippen LogP contribution is 2.18. The molecule has 6 N–H and O–H groups in total. The van der Waals surface area contributed by atoms with Crippen LogP contribution in [0.5, 0.6) is 0 Å². The molecular formula is C38H46N6O6. The molecule has 0 aliphatic heterocycles. The van der Waals surface area contributed by atoms with Crippen molar-refractivity contribution < 1.29 is 29.1 Å². The third kappa shape index (κ3) is 10.8. The van der Waals surface area contributed by atoms with Crippen LogP contribution in [0.2, 0.25) is 0 Å². The van der Waals surface area contributed by atoms with Gasteiger partial charge >= 0.3 is 0 Å². The number of benzene rings is 3. The van der Waals surface area contributed by atoms with Crippen LogP contribution in [0.25, 0.3) is 10.9 Å². The summed E-state index contributed by atoms with van der Waals surface area (Å²) in [5.41, 5.74) is 2.97. The number of carbonyl (C=O) groups excluding carboxylic acids is 5. The molecule has 0 bridgehead atoms. The number of aromatic amines is 1. The Morgan fingerprint density at radius 2 is 1.42 bits per heavy atom. The van der Waals surface area contributed by atoms with Gasteiger partial charge in [-0.15, -0.1) is 0 Å². The molecule has 12 heteroatoms. The van der Waals surface area contributed by atoms with Crippen LogP contribution in [0.15, 0.2) is 91.1 Å². The summed E-state index contributed by atoms with van der Waals surface area (Å²) in [7, 11) is 1.69. The summed E-state index contributed by atoms with van der Waals surface area (Å²) >= 11 is 0. The lowest BCUT2D eigenvalue weighted by molar-refractivity contribution is -0.136. The maximum absolute atomic E-state index is 14.0. The first kappa shape index (κ1) is 37.3. The van der Waals surface area contributed by atoms with Crippen molar-refractivity contribution in [1.82, 2.24) is 31.2 Å². The van der Waals surface area contributed by atoms with Crippen molar-refractivity contribution in [1.29, 1.82) is 0 Å². The highest BCUT2D eigenvalue weighted by molar-refractivity contribution is 6.08. The zero-order valence-corrected chi connectivity index (χ0v) is 28.6. The second-order valence-corrected chi connectivity index (χ2v) is 12.4. The van der Waals surface area contributed by atoms with E-state index < -0.39 is 47.9 Å². The number of likely N-dealkylation sites (N-methyl/N-ethyl adjacent to an activating group) is 1. The monoisotopic (exact) mass is 682 g/mol. The molecule has 0 saturated heterocycles. The van der Waals surface area contributed by atoms with Crippen LogP contribution in [-0.4, -0.2) is 82.3 Å². The highest BCUT2D eigenvalue weighted by Gasteiger charge is 2.30. The Morgan fingerprint density at radius 3 is 2.08 bits per heavy atom. The fourth-order valence-corrected chi connectivity index (χ4v) is 5.71. The van der Waals surface area contributed by atoms with Gasteiger partial charge in [-0.25, -0.2) is 0 Å². The van der Waals surface area contributed by atoms with Crippen LogP contribution >= 0.6 is 0 Å². The number of nitrogens with zero attached hydrogens (tertiary/aromatic N) is 1. The number of aromatic nitrogens is 1. The lowest BCUT2D eigenvalue weighted by Gasteiger charge is -2.27. The van der Waals surface area contributed by atoms with E-state index in [0.717, 1.165) is 16.6 Å². The summed E-state index contributed by atoms with van der Waals surface area (Å²) in [4.78, 5) is 70.1. The Bertz CT molecular complexity index is 1740. The quantitative estimate of drug-likeness (QED) is 0.0935. The van der Waals surface area contributed by atoms with Gasteiger partial charge in [-0.1, -0.05) is 78.9 Å². The number of aliphatic hydroxyl groups excluding tert-OH is 1. The Hall–Kier alpha value is -5.49. The van der Waals surface area contributed by atoms with Gasteiger partial charge in [-0.2, -0.15) is 0 Å². The van der Waals surface area contributed by atoms with Crippen molar-refractivity contribution in [3.05, 3.63) is 108 Å². The van der Waals surface area contributed by atoms with E-state index in [1.54, 1.807) is 18.1 Å². The number of unbranched alkanes of at least 4 members (excludes halogenated alkanes) is 1. The normalized spacial score (nSPS) is 13.4. The van der Waals surface area contributed by atoms with Crippen LogP contribution in [0, 0.1) is 0 Å². The minimum absolute atomic E-state index is 0.214. The number of carbonyl (C=O) groups is 5. The van der Waals surface area contributed by atoms with Gasteiger partial charge in [-0.05, 0) is 43.4 Å². The van der Waals surface area contributed by atoms with E-state index in [-0.39, 0.29) is 25.3 Å². The molecule has 0 unspecified atom stereocenters. The average molecular weight is 683 g/mol. The lowest BCUT2D eigenvalue weighted by Crippen LogP contribution is -2.54. The van der Waals surface area contributed by atoms with Crippen molar-refractivity contribution in [2.75, 3.05) is 13.6 Å². The smallest absolute Gasteiger partial charge is 0.254 e. The SMILES string of the molecule is CC(=O)N[C@H](C(=O)NCCCC[C@@H](NC(=O)c1c[nH]c2ccccc12)C(=O)N[C@H](Cc1ccccc1)C(=O)N(C)Cc1ccccc1)[C@@H](C)O. The number of aliphatic hydroxyl groups is 1. The fourth-order valence-electron chi connectivity index (χ4n) is 5.71. The van der Waals surface area contributed by atoms with Gasteiger partial charge in [0.15, 0.2) is 0 Å². The molecule has 50 heavy (non-hydrogen) atoms. The van der Waals surface area contributed by atoms with Gasteiger partial charge in [0.05, 0.1) is 11.7 Å². The number of hydrogen-bond donors (Lipinski definition) is 6. The molecule has 4 aromatic rings. The van der Waals surface area contributed by atoms with E-state index >= 15 is 0 Å². The van der Waals surface area contributed by atoms with Crippen molar-refractivity contribution in [2.24, 2.45) is 0 Å². The van der Waals surface area contributed by atoms with Crippen LogP contribution in [0.4, 0.5) is 0 Å². The predicted molar refractivity (Wildman–Crippen MR) is 191 cm³/mol. The Balaban J connectivity index is 1.49. The summed E-state index contributed by atoms with van der Waals surface area (Å²) < 4.78 is 0. The molecule has 0 aliphatic rings. The summed E-state index contributed by atoms with van der Waals surface area (Å²) in [5.74, 6) is -2.20. The van der Waals surface area contributed by atoms with Crippen molar-refractivity contribution in [3.8, 4) is 0 Å². The maximum Gasteiger partial charge on any atom is 0.254 e. The molecule has 0 saturated carbocycles. The Kier molecular flexibility index (Phi) is 13.7. The maximum atomic E-state index is 14.0. The van der Waals surface area contributed by atoms with Gasteiger partial charge < -0.3 is 36.3 Å².